The predicted molar refractivity (Wildman–Crippen MR) is 40.0 cm³/mol. The van der Waals surface area contributed by atoms with E-state index in [2.05, 4.69) is 14.7 Å². The van der Waals surface area contributed by atoms with E-state index >= 15 is 0 Å². The Balaban J connectivity index is 2.50. The van der Waals surface area contributed by atoms with Crippen molar-refractivity contribution in [3.05, 3.63) is 18.5 Å². The lowest BCUT2D eigenvalue weighted by Crippen LogP contribution is -1.91. The molecule has 0 aliphatic carbocycles. The molecule has 0 saturated carbocycles. The minimum atomic E-state index is 0.444. The molecule has 0 aromatic carbocycles. The summed E-state index contributed by atoms with van der Waals surface area (Å²) in [5.41, 5.74) is 0.677. The summed E-state index contributed by atoms with van der Waals surface area (Å²) in [5.74, 6) is 0.444. The van der Waals surface area contributed by atoms with Gasteiger partial charge in [-0.3, -0.25) is 9.52 Å². The number of aromatic nitrogens is 2. The standard InChI is InChI=1S/C5H5N3OS/c9-4-10-8-5-6-2-1-3-7-5/h1-4H,(H,6,7,8). The molecule has 0 atom stereocenters. The van der Waals surface area contributed by atoms with Gasteiger partial charge in [-0.2, -0.15) is 0 Å². The van der Waals surface area contributed by atoms with E-state index in [1.165, 1.54) is 0 Å². The first-order chi connectivity index (χ1) is 4.93. The van der Waals surface area contributed by atoms with E-state index in [9.17, 15) is 4.79 Å². The lowest BCUT2D eigenvalue weighted by atomic mass is 10.7. The summed E-state index contributed by atoms with van der Waals surface area (Å²) < 4.78 is 2.62. The van der Waals surface area contributed by atoms with Crippen molar-refractivity contribution in [1.29, 1.82) is 0 Å². The van der Waals surface area contributed by atoms with Gasteiger partial charge in [-0.05, 0) is 6.07 Å². The quantitative estimate of drug-likeness (QED) is 0.515. The number of nitrogens with one attached hydrogen (secondary N) is 1. The maximum absolute atomic E-state index is 9.82. The Bertz CT molecular complexity index is 203. The summed E-state index contributed by atoms with van der Waals surface area (Å²) in [6.07, 6.45) is 3.20. The van der Waals surface area contributed by atoms with Crippen molar-refractivity contribution < 1.29 is 4.79 Å². The molecule has 1 aromatic heterocycles. The summed E-state index contributed by atoms with van der Waals surface area (Å²) in [6, 6.07) is 1.71. The Hall–Kier alpha value is -1.10. The first kappa shape index (κ1) is 7.01. The van der Waals surface area contributed by atoms with Gasteiger partial charge in [0.2, 0.25) is 5.95 Å². The third kappa shape index (κ3) is 2.02. The van der Waals surface area contributed by atoms with Crippen molar-refractivity contribution in [2.24, 2.45) is 0 Å². The summed E-state index contributed by atoms with van der Waals surface area (Å²) in [6.45, 7) is 0. The maximum Gasteiger partial charge on any atom is 0.233 e. The summed E-state index contributed by atoms with van der Waals surface area (Å²) in [5, 5.41) is 0. The summed E-state index contributed by atoms with van der Waals surface area (Å²) in [4.78, 5) is 17.5. The van der Waals surface area contributed by atoms with Crippen LogP contribution in [0.25, 0.3) is 0 Å². The van der Waals surface area contributed by atoms with Crippen molar-refractivity contribution >= 4 is 23.5 Å². The number of hydrogen-bond donors (Lipinski definition) is 1. The van der Waals surface area contributed by atoms with Crippen LogP contribution in [-0.2, 0) is 4.79 Å². The van der Waals surface area contributed by atoms with Gasteiger partial charge in [0, 0.05) is 24.3 Å². The van der Waals surface area contributed by atoms with E-state index in [4.69, 9.17) is 0 Å². The lowest BCUT2D eigenvalue weighted by molar-refractivity contribution is 0.570. The van der Waals surface area contributed by atoms with Crippen LogP contribution >= 0.6 is 11.9 Å². The lowest BCUT2D eigenvalue weighted by Gasteiger charge is -1.94. The number of rotatable bonds is 3. The first-order valence-electron chi connectivity index (χ1n) is 2.56. The molecule has 0 radical (unpaired) electrons. The van der Waals surface area contributed by atoms with Gasteiger partial charge in [-0.25, -0.2) is 9.97 Å². The van der Waals surface area contributed by atoms with E-state index in [1.807, 2.05) is 0 Å². The van der Waals surface area contributed by atoms with Gasteiger partial charge < -0.3 is 0 Å². The Morgan fingerprint density at radius 3 is 2.80 bits per heavy atom. The fourth-order valence-electron chi connectivity index (χ4n) is 0.429. The Kier molecular flexibility index (Phi) is 2.69. The molecular formula is C5H5N3OS. The van der Waals surface area contributed by atoms with Gasteiger partial charge in [0.1, 0.15) is 0 Å². The molecule has 0 aliphatic rings. The third-order valence-electron chi connectivity index (χ3n) is 0.764. The van der Waals surface area contributed by atoms with Gasteiger partial charge in [0.15, 0.2) is 5.62 Å². The van der Waals surface area contributed by atoms with Crippen LogP contribution in [0.15, 0.2) is 18.5 Å². The number of carbonyl (C=O) groups is 1. The minimum absolute atomic E-state index is 0.444. The van der Waals surface area contributed by atoms with Crippen LogP contribution in [0.3, 0.4) is 0 Å². The largest absolute Gasteiger partial charge is 0.292 e. The van der Waals surface area contributed by atoms with Crippen LogP contribution in [0.4, 0.5) is 5.95 Å². The highest BCUT2D eigenvalue weighted by molar-refractivity contribution is 8.12. The number of carbonyl (C=O) groups excluding carboxylic acids is 1. The molecule has 4 nitrogen and oxygen atoms in total. The van der Waals surface area contributed by atoms with E-state index < -0.39 is 0 Å². The van der Waals surface area contributed by atoms with Crippen molar-refractivity contribution in [2.45, 2.75) is 0 Å². The molecule has 52 valence electrons. The zero-order chi connectivity index (χ0) is 7.23. The Labute approximate surface area is 62.2 Å². The Morgan fingerprint density at radius 2 is 2.20 bits per heavy atom. The number of anilines is 1. The maximum atomic E-state index is 9.82. The zero-order valence-corrected chi connectivity index (χ0v) is 5.84. The highest BCUT2D eigenvalue weighted by Crippen LogP contribution is 2.00. The van der Waals surface area contributed by atoms with Crippen molar-refractivity contribution in [3.8, 4) is 0 Å². The molecule has 1 heterocycles. The van der Waals surface area contributed by atoms with Gasteiger partial charge in [0.05, 0.1) is 0 Å². The van der Waals surface area contributed by atoms with Gasteiger partial charge in [-0.1, -0.05) is 0 Å². The molecule has 0 saturated heterocycles. The van der Waals surface area contributed by atoms with Gasteiger partial charge in [-0.15, -0.1) is 0 Å². The molecule has 0 aliphatic heterocycles. The average Bonchev–Trinajstić information content (AvgIpc) is 2.03. The second-order valence-corrected chi connectivity index (χ2v) is 2.02. The van der Waals surface area contributed by atoms with Gasteiger partial charge in [0.25, 0.3) is 0 Å². The fraction of sp³-hybridized carbons (Fsp3) is 0. The van der Waals surface area contributed by atoms with E-state index in [0.717, 1.165) is 11.9 Å². The summed E-state index contributed by atoms with van der Waals surface area (Å²) in [7, 11) is 0. The molecule has 0 amide bonds. The molecular weight excluding hydrogens is 150 g/mol. The molecule has 1 N–H and O–H groups in total. The molecule has 1 aromatic rings. The molecule has 5 heteroatoms. The smallest absolute Gasteiger partial charge is 0.233 e. The monoisotopic (exact) mass is 155 g/mol. The van der Waals surface area contributed by atoms with Crippen LogP contribution in [0, 0.1) is 0 Å². The molecule has 0 spiro atoms. The van der Waals surface area contributed by atoms with Gasteiger partial charge >= 0.3 is 0 Å². The average molecular weight is 155 g/mol. The Morgan fingerprint density at radius 1 is 1.50 bits per heavy atom. The van der Waals surface area contributed by atoms with Crippen molar-refractivity contribution in [2.75, 3.05) is 4.72 Å². The first-order valence-corrected chi connectivity index (χ1v) is 3.44. The molecule has 0 unspecified atom stereocenters. The third-order valence-corrected chi connectivity index (χ3v) is 1.16. The van der Waals surface area contributed by atoms with Crippen LogP contribution in [0.1, 0.15) is 0 Å². The molecule has 10 heavy (non-hydrogen) atoms. The highest BCUT2D eigenvalue weighted by Gasteiger charge is 1.88. The molecule has 0 bridgehead atoms. The van der Waals surface area contributed by atoms with Crippen LogP contribution in [-0.4, -0.2) is 15.6 Å². The molecule has 1 rings (SSSR count). The molecule has 0 fully saturated rings. The summed E-state index contributed by atoms with van der Waals surface area (Å²) >= 11 is 0.906. The normalized spacial score (nSPS) is 8.80. The highest BCUT2D eigenvalue weighted by atomic mass is 32.2. The topological polar surface area (TPSA) is 54.9 Å². The van der Waals surface area contributed by atoms with E-state index in [1.54, 1.807) is 18.5 Å². The number of hydrogen-bond acceptors (Lipinski definition) is 5. The van der Waals surface area contributed by atoms with E-state index in [0.29, 0.717) is 11.6 Å². The fourth-order valence-corrected chi connectivity index (χ4v) is 0.687. The SMILES string of the molecule is O=CSNc1ncccn1. The second kappa shape index (κ2) is 3.84. The zero-order valence-electron chi connectivity index (χ0n) is 5.02. The second-order valence-electron chi connectivity index (χ2n) is 1.39. The van der Waals surface area contributed by atoms with Crippen molar-refractivity contribution in [1.82, 2.24) is 9.97 Å². The van der Waals surface area contributed by atoms with E-state index in [-0.39, 0.29) is 0 Å². The van der Waals surface area contributed by atoms with Crippen LogP contribution < -0.4 is 4.72 Å². The minimum Gasteiger partial charge on any atom is -0.292 e. The van der Waals surface area contributed by atoms with Crippen LogP contribution in [0.5, 0.6) is 0 Å². The predicted octanol–water partition coefficient (Wildman–Crippen LogP) is 0.727. The number of nitrogens with zero attached hydrogens (tertiary/aromatic N) is 2. The van der Waals surface area contributed by atoms with Crippen LogP contribution in [0.2, 0.25) is 0 Å². The van der Waals surface area contributed by atoms with Crippen molar-refractivity contribution in [3.63, 3.8) is 0 Å².